The van der Waals surface area contributed by atoms with Crippen LogP contribution in [0.2, 0.25) is 0 Å². The number of anilines is 1. The van der Waals surface area contributed by atoms with Crippen LogP contribution in [0.4, 0.5) is 5.69 Å². The Balaban J connectivity index is 2.39. The molecule has 0 unspecified atom stereocenters. The molecule has 2 N–H and O–H groups in total. The molecule has 0 amide bonds. The van der Waals surface area contributed by atoms with Crippen molar-refractivity contribution in [1.82, 2.24) is 14.6 Å². The molecule has 4 nitrogen and oxygen atoms in total. The van der Waals surface area contributed by atoms with E-state index in [1.54, 1.807) is 10.7 Å². The standard InChI is InChI=1S/C11H16N4/c1-11(2,3)6-9-13-10-5-4-8(12)7-15(10)14-9/h4-5,7H,6,12H2,1-3H3. The van der Waals surface area contributed by atoms with Crippen molar-refractivity contribution >= 4 is 11.3 Å². The van der Waals surface area contributed by atoms with Crippen molar-refractivity contribution < 1.29 is 0 Å². The predicted octanol–water partition coefficient (Wildman–Crippen LogP) is 1.90. The Labute approximate surface area is 89.1 Å². The molecule has 2 rings (SSSR count). The van der Waals surface area contributed by atoms with Crippen molar-refractivity contribution in [2.75, 3.05) is 5.73 Å². The number of rotatable bonds is 1. The van der Waals surface area contributed by atoms with Crippen molar-refractivity contribution in [2.24, 2.45) is 5.41 Å². The topological polar surface area (TPSA) is 56.2 Å². The highest BCUT2D eigenvalue weighted by Gasteiger charge is 2.14. The second-order valence-corrected chi connectivity index (χ2v) is 5.03. The Morgan fingerprint density at radius 1 is 1.33 bits per heavy atom. The molecular formula is C11H16N4. The van der Waals surface area contributed by atoms with E-state index in [9.17, 15) is 0 Å². The van der Waals surface area contributed by atoms with Crippen LogP contribution >= 0.6 is 0 Å². The van der Waals surface area contributed by atoms with Crippen molar-refractivity contribution in [1.29, 1.82) is 0 Å². The minimum atomic E-state index is 0.205. The molecule has 2 aromatic heterocycles. The minimum Gasteiger partial charge on any atom is -0.397 e. The van der Waals surface area contributed by atoms with E-state index in [2.05, 4.69) is 30.9 Å². The number of hydrogen-bond donors (Lipinski definition) is 1. The van der Waals surface area contributed by atoms with Crippen molar-refractivity contribution in [2.45, 2.75) is 27.2 Å². The molecule has 0 aliphatic carbocycles. The molecule has 4 heteroatoms. The molecule has 0 aliphatic heterocycles. The van der Waals surface area contributed by atoms with Gasteiger partial charge in [0.1, 0.15) is 0 Å². The summed E-state index contributed by atoms with van der Waals surface area (Å²) in [6.07, 6.45) is 2.66. The van der Waals surface area contributed by atoms with Gasteiger partial charge < -0.3 is 5.73 Å². The van der Waals surface area contributed by atoms with E-state index in [-0.39, 0.29) is 5.41 Å². The summed E-state index contributed by atoms with van der Waals surface area (Å²) in [5.41, 5.74) is 7.43. The normalized spacial score (nSPS) is 12.2. The van der Waals surface area contributed by atoms with Gasteiger partial charge in [-0.2, -0.15) is 5.10 Å². The van der Waals surface area contributed by atoms with Gasteiger partial charge in [0.15, 0.2) is 11.5 Å². The van der Waals surface area contributed by atoms with Gasteiger partial charge in [0.05, 0.1) is 11.9 Å². The van der Waals surface area contributed by atoms with Crippen LogP contribution in [0.1, 0.15) is 26.6 Å². The summed E-state index contributed by atoms with van der Waals surface area (Å²) in [7, 11) is 0. The van der Waals surface area contributed by atoms with Crippen molar-refractivity contribution in [3.63, 3.8) is 0 Å². The lowest BCUT2D eigenvalue weighted by Crippen LogP contribution is -2.10. The van der Waals surface area contributed by atoms with Crippen LogP contribution in [0.15, 0.2) is 18.3 Å². The second-order valence-electron chi connectivity index (χ2n) is 5.03. The highest BCUT2D eigenvalue weighted by molar-refractivity contribution is 5.46. The number of nitrogen functional groups attached to an aromatic ring is 1. The summed E-state index contributed by atoms with van der Waals surface area (Å²) >= 11 is 0. The predicted molar refractivity (Wildman–Crippen MR) is 60.6 cm³/mol. The summed E-state index contributed by atoms with van der Waals surface area (Å²) in [4.78, 5) is 4.44. The number of nitrogens with zero attached hydrogens (tertiary/aromatic N) is 3. The summed E-state index contributed by atoms with van der Waals surface area (Å²) in [5, 5.41) is 4.38. The van der Waals surface area contributed by atoms with Crippen LogP contribution in [-0.4, -0.2) is 14.6 Å². The molecule has 2 heterocycles. The first-order valence-corrected chi connectivity index (χ1v) is 5.05. The van der Waals surface area contributed by atoms with E-state index in [1.807, 2.05) is 12.1 Å². The zero-order chi connectivity index (χ0) is 11.1. The molecule has 0 atom stereocenters. The largest absolute Gasteiger partial charge is 0.397 e. The Bertz CT molecular complexity index is 479. The molecule has 0 saturated heterocycles. The molecule has 0 saturated carbocycles. The lowest BCUT2D eigenvalue weighted by Gasteiger charge is -2.14. The van der Waals surface area contributed by atoms with Crippen LogP contribution in [0, 0.1) is 5.41 Å². The lowest BCUT2D eigenvalue weighted by molar-refractivity contribution is 0.401. The van der Waals surface area contributed by atoms with Crippen LogP contribution < -0.4 is 5.73 Å². The Kier molecular flexibility index (Phi) is 2.14. The van der Waals surface area contributed by atoms with Gasteiger partial charge in [0, 0.05) is 6.42 Å². The first-order valence-electron chi connectivity index (χ1n) is 5.05. The fourth-order valence-electron chi connectivity index (χ4n) is 1.49. The van der Waals surface area contributed by atoms with Gasteiger partial charge >= 0.3 is 0 Å². The van der Waals surface area contributed by atoms with Gasteiger partial charge in [-0.1, -0.05) is 20.8 Å². The highest BCUT2D eigenvalue weighted by atomic mass is 15.3. The quantitative estimate of drug-likeness (QED) is 0.771. The molecule has 15 heavy (non-hydrogen) atoms. The third kappa shape index (κ3) is 2.26. The van der Waals surface area contributed by atoms with Gasteiger partial charge in [0.2, 0.25) is 0 Å². The summed E-state index contributed by atoms with van der Waals surface area (Å²) in [6, 6.07) is 3.72. The van der Waals surface area contributed by atoms with Crippen molar-refractivity contribution in [3.05, 3.63) is 24.2 Å². The van der Waals surface area contributed by atoms with Crippen LogP contribution in [-0.2, 0) is 6.42 Å². The minimum absolute atomic E-state index is 0.205. The molecule has 0 aromatic carbocycles. The van der Waals surface area contributed by atoms with E-state index in [0.29, 0.717) is 5.69 Å². The third-order valence-corrected chi connectivity index (χ3v) is 2.09. The van der Waals surface area contributed by atoms with E-state index in [0.717, 1.165) is 17.9 Å². The molecule has 0 aliphatic rings. The number of aromatic nitrogens is 3. The maximum Gasteiger partial charge on any atom is 0.155 e. The molecule has 0 fully saturated rings. The van der Waals surface area contributed by atoms with Crippen LogP contribution in [0.5, 0.6) is 0 Å². The average Bonchev–Trinajstić information content (AvgIpc) is 2.42. The third-order valence-electron chi connectivity index (χ3n) is 2.09. The van der Waals surface area contributed by atoms with E-state index in [1.165, 1.54) is 0 Å². The van der Waals surface area contributed by atoms with Crippen LogP contribution in [0.3, 0.4) is 0 Å². The van der Waals surface area contributed by atoms with Crippen molar-refractivity contribution in [3.8, 4) is 0 Å². The fraction of sp³-hybridized carbons (Fsp3) is 0.455. The van der Waals surface area contributed by atoms with Gasteiger partial charge in [-0.25, -0.2) is 9.50 Å². The van der Waals surface area contributed by atoms with Gasteiger partial charge in [-0.05, 0) is 17.5 Å². The first-order chi connectivity index (χ1) is 6.94. The second kappa shape index (κ2) is 3.22. The maximum atomic E-state index is 5.67. The number of nitrogens with two attached hydrogens (primary N) is 1. The molecule has 0 spiro atoms. The zero-order valence-electron chi connectivity index (χ0n) is 9.36. The molecular weight excluding hydrogens is 188 g/mol. The smallest absolute Gasteiger partial charge is 0.155 e. The first kappa shape index (κ1) is 9.96. The molecule has 0 radical (unpaired) electrons. The highest BCUT2D eigenvalue weighted by Crippen LogP contribution is 2.18. The SMILES string of the molecule is CC(C)(C)Cc1nc2ccc(N)cn2n1. The molecule has 80 valence electrons. The Hall–Kier alpha value is -1.58. The molecule has 2 aromatic rings. The summed E-state index contributed by atoms with van der Waals surface area (Å²) in [5.74, 6) is 0.869. The summed E-state index contributed by atoms with van der Waals surface area (Å²) in [6.45, 7) is 6.52. The number of fused-ring (bicyclic) bond motifs is 1. The van der Waals surface area contributed by atoms with E-state index >= 15 is 0 Å². The number of pyridine rings is 1. The van der Waals surface area contributed by atoms with Crippen LogP contribution in [0.25, 0.3) is 5.65 Å². The number of hydrogen-bond acceptors (Lipinski definition) is 3. The monoisotopic (exact) mass is 204 g/mol. The van der Waals surface area contributed by atoms with Gasteiger partial charge in [-0.15, -0.1) is 0 Å². The average molecular weight is 204 g/mol. The zero-order valence-corrected chi connectivity index (χ0v) is 9.36. The van der Waals surface area contributed by atoms with E-state index < -0.39 is 0 Å². The fourth-order valence-corrected chi connectivity index (χ4v) is 1.49. The van der Waals surface area contributed by atoms with Gasteiger partial charge in [0.25, 0.3) is 0 Å². The maximum absolute atomic E-state index is 5.67. The van der Waals surface area contributed by atoms with Gasteiger partial charge in [-0.3, -0.25) is 0 Å². The Morgan fingerprint density at radius 2 is 2.07 bits per heavy atom. The molecule has 0 bridgehead atoms. The lowest BCUT2D eigenvalue weighted by atomic mass is 9.92. The van der Waals surface area contributed by atoms with E-state index in [4.69, 9.17) is 5.73 Å². The Morgan fingerprint density at radius 3 is 2.73 bits per heavy atom. The summed E-state index contributed by atoms with van der Waals surface area (Å²) < 4.78 is 1.73.